The fourth-order valence-electron chi connectivity index (χ4n) is 0. The third kappa shape index (κ3) is 21.5. The van der Waals surface area contributed by atoms with E-state index in [2.05, 4.69) is 12.6 Å². The third-order valence-corrected chi connectivity index (χ3v) is 0. The standard InChI is InChI=1S/CHNS.Hg.K.H/c2-1-3;;;/h3H;;;/q;;+1;-1. The minimum absolute atomic E-state index is 0. The van der Waals surface area contributed by atoms with Crippen LogP contribution in [0.1, 0.15) is 1.43 Å². The van der Waals surface area contributed by atoms with Gasteiger partial charge in [0.25, 0.3) is 0 Å². The van der Waals surface area contributed by atoms with Gasteiger partial charge in [-0.25, -0.2) is 0 Å². The maximum Gasteiger partial charge on any atom is 1.00 e. The number of thiocyanates is 1. The van der Waals surface area contributed by atoms with Gasteiger partial charge in [-0.3, -0.25) is 0 Å². The van der Waals surface area contributed by atoms with Gasteiger partial charge in [-0.1, -0.05) is 12.6 Å². The fourth-order valence-corrected chi connectivity index (χ4v) is 0. The molecule has 0 aromatic rings. The average Bonchev–Trinajstić information content (AvgIpc) is 0.918. The number of nitriles is 1. The van der Waals surface area contributed by atoms with Gasteiger partial charge in [0.15, 0.2) is 0 Å². The second kappa shape index (κ2) is 16.1. The van der Waals surface area contributed by atoms with Crippen molar-refractivity contribution in [3.8, 4) is 5.40 Å². The molecular weight excluding hydrogens is 298 g/mol. The molecule has 0 saturated carbocycles. The summed E-state index contributed by atoms with van der Waals surface area (Å²) in [5.41, 5.74) is 0. The summed E-state index contributed by atoms with van der Waals surface area (Å²) in [6.45, 7) is 0. The second-order valence-electron chi connectivity index (χ2n) is 0.100. The maximum absolute atomic E-state index is 7.18. The molecule has 0 aliphatic carbocycles. The molecule has 4 heteroatoms. The van der Waals surface area contributed by atoms with Crippen molar-refractivity contribution in [2.75, 3.05) is 0 Å². The molecule has 0 radical (unpaired) electrons. The molecule has 0 rings (SSSR count). The van der Waals surface area contributed by atoms with Crippen LogP contribution in [0.2, 0.25) is 0 Å². The van der Waals surface area contributed by atoms with Gasteiger partial charge in [0.05, 0.1) is 0 Å². The van der Waals surface area contributed by atoms with Gasteiger partial charge in [0.1, 0.15) is 5.40 Å². The van der Waals surface area contributed by atoms with E-state index >= 15 is 0 Å². The Kier molecular flexibility index (Phi) is 50.5. The number of hydrogen-bond donors (Lipinski definition) is 1. The molecule has 0 spiro atoms. The smallest absolute Gasteiger partial charge is 1.00 e. The second-order valence-corrected chi connectivity index (χ2v) is 0.300. The van der Waals surface area contributed by atoms with Gasteiger partial charge >= 0.3 is 51.4 Å². The summed E-state index contributed by atoms with van der Waals surface area (Å²) in [6, 6.07) is 0. The molecule has 0 aromatic carbocycles. The van der Waals surface area contributed by atoms with Gasteiger partial charge in [-0.2, -0.15) is 5.26 Å². The van der Waals surface area contributed by atoms with Crippen LogP contribution in [-0.4, -0.2) is 0 Å². The van der Waals surface area contributed by atoms with Crippen molar-refractivity contribution in [3.05, 3.63) is 0 Å². The predicted octanol–water partition coefficient (Wildman–Crippen LogP) is -2.49. The molecule has 0 aliphatic heterocycles. The zero-order chi connectivity index (χ0) is 2.71. The van der Waals surface area contributed by atoms with Crippen LogP contribution >= 0.6 is 12.6 Å². The quantitative estimate of drug-likeness (QED) is 0.299. The Morgan fingerprint density at radius 1 is 1.80 bits per heavy atom. The minimum Gasteiger partial charge on any atom is -1.00 e. The van der Waals surface area contributed by atoms with Crippen LogP contribution in [0.3, 0.4) is 0 Å². The van der Waals surface area contributed by atoms with Crippen LogP contribution < -0.4 is 51.4 Å². The summed E-state index contributed by atoms with van der Waals surface area (Å²) in [6.07, 6.45) is 0. The van der Waals surface area contributed by atoms with Crippen molar-refractivity contribution in [1.82, 2.24) is 0 Å². The predicted molar refractivity (Wildman–Crippen MR) is 15.7 cm³/mol. The normalized spacial score (nSPS) is 1.60. The van der Waals surface area contributed by atoms with Crippen molar-refractivity contribution in [1.29, 1.82) is 5.26 Å². The summed E-state index contributed by atoms with van der Waals surface area (Å²) in [7, 11) is 0. The van der Waals surface area contributed by atoms with Gasteiger partial charge in [-0.05, 0) is 0 Å². The molecule has 0 bridgehead atoms. The molecule has 0 amide bonds. The summed E-state index contributed by atoms with van der Waals surface area (Å²) in [5.74, 6) is 0. The molecule has 0 aliphatic rings. The van der Waals surface area contributed by atoms with E-state index < -0.39 is 0 Å². The van der Waals surface area contributed by atoms with Crippen LogP contribution in [0.15, 0.2) is 0 Å². The van der Waals surface area contributed by atoms with Crippen LogP contribution in [0.5, 0.6) is 0 Å². The van der Waals surface area contributed by atoms with E-state index in [1.807, 2.05) is 0 Å². The zero-order valence-electron chi connectivity index (χ0n) is 4.10. The molecule has 5 heavy (non-hydrogen) atoms. The van der Waals surface area contributed by atoms with Crippen LogP contribution in [-0.2, 0) is 27.7 Å². The molecule has 0 saturated heterocycles. The van der Waals surface area contributed by atoms with E-state index in [1.165, 1.54) is 5.40 Å². The van der Waals surface area contributed by atoms with Crippen LogP contribution in [0.4, 0.5) is 0 Å². The monoisotopic (exact) mass is 301 g/mol. The summed E-state index contributed by atoms with van der Waals surface area (Å²) in [5, 5.41) is 8.63. The number of hydrogen-bond acceptors (Lipinski definition) is 2. The van der Waals surface area contributed by atoms with E-state index in [9.17, 15) is 0 Å². The van der Waals surface area contributed by atoms with E-state index in [-0.39, 0.29) is 80.5 Å². The Morgan fingerprint density at radius 3 is 1.80 bits per heavy atom. The molecule has 0 fully saturated rings. The van der Waals surface area contributed by atoms with Crippen molar-refractivity contribution in [2.45, 2.75) is 0 Å². The first-order valence-electron chi connectivity index (χ1n) is 0.447. The summed E-state index contributed by atoms with van der Waals surface area (Å²) >= 11 is 3.09. The molecule has 1 nitrogen and oxygen atoms in total. The molecule has 0 unspecified atom stereocenters. The maximum atomic E-state index is 7.18. The fraction of sp³-hybridized carbons (Fsp3) is 0. The van der Waals surface area contributed by atoms with Crippen molar-refractivity contribution in [2.24, 2.45) is 0 Å². The summed E-state index contributed by atoms with van der Waals surface area (Å²) < 4.78 is 0. The Hall–Kier alpha value is 2.41. The van der Waals surface area contributed by atoms with E-state index in [0.717, 1.165) is 0 Å². The Balaban J connectivity index is -0.00000000667. The first kappa shape index (κ1) is 15.7. The molecule has 0 N–H and O–H groups in total. The van der Waals surface area contributed by atoms with Crippen molar-refractivity contribution < 1.29 is 80.5 Å². The first-order chi connectivity index (χ1) is 1.41. The number of nitrogens with zero attached hydrogens (tertiary/aromatic N) is 1. The van der Waals surface area contributed by atoms with E-state index in [0.29, 0.717) is 0 Å². The Labute approximate surface area is 101 Å². The minimum atomic E-state index is 0. The SMILES string of the molecule is N#CS.[H-].[Hg].[K+]. The van der Waals surface area contributed by atoms with Crippen LogP contribution in [0.25, 0.3) is 0 Å². The van der Waals surface area contributed by atoms with Gasteiger partial charge < -0.3 is 1.43 Å². The molecule has 0 atom stereocenters. The summed E-state index contributed by atoms with van der Waals surface area (Å²) in [4.78, 5) is 0. The zero-order valence-corrected chi connectivity index (χ0v) is 12.6. The third-order valence-electron chi connectivity index (χ3n) is 0. The van der Waals surface area contributed by atoms with Gasteiger partial charge in [0.2, 0.25) is 0 Å². The molecular formula is CH2HgKNS. The molecule has 0 heterocycles. The van der Waals surface area contributed by atoms with Crippen molar-refractivity contribution in [3.63, 3.8) is 0 Å². The topological polar surface area (TPSA) is 23.8 Å². The molecule has 20 valence electrons. The largest absolute Gasteiger partial charge is 1.00 e. The molecule has 0 aromatic heterocycles. The average molecular weight is 300 g/mol. The van der Waals surface area contributed by atoms with Gasteiger partial charge in [0, 0.05) is 27.7 Å². The van der Waals surface area contributed by atoms with Crippen molar-refractivity contribution >= 4 is 12.6 Å². The number of rotatable bonds is 0. The Morgan fingerprint density at radius 2 is 1.80 bits per heavy atom. The Bertz CT molecular complexity index is 37.0. The number of thiol groups is 1. The first-order valence-corrected chi connectivity index (χ1v) is 0.894. The van der Waals surface area contributed by atoms with Crippen LogP contribution in [0, 0.1) is 10.7 Å². The van der Waals surface area contributed by atoms with E-state index in [1.54, 1.807) is 0 Å². The van der Waals surface area contributed by atoms with E-state index in [4.69, 9.17) is 5.26 Å². The van der Waals surface area contributed by atoms with Gasteiger partial charge in [-0.15, -0.1) is 0 Å².